The van der Waals surface area contributed by atoms with Gasteiger partial charge in [-0.3, -0.25) is 9.59 Å². The molecule has 0 aliphatic heterocycles. The fourth-order valence-corrected chi connectivity index (χ4v) is 6.23. The molecule has 0 aromatic heterocycles. The van der Waals surface area contributed by atoms with Crippen molar-refractivity contribution in [2.24, 2.45) is 0 Å². The van der Waals surface area contributed by atoms with Gasteiger partial charge in [0.15, 0.2) is 0 Å². The highest BCUT2D eigenvalue weighted by molar-refractivity contribution is 7.99. The first-order valence-corrected chi connectivity index (χ1v) is 15.0. The van der Waals surface area contributed by atoms with Gasteiger partial charge in [0.25, 0.3) is 0 Å². The van der Waals surface area contributed by atoms with Gasteiger partial charge in [0.1, 0.15) is 11.8 Å². The van der Waals surface area contributed by atoms with Gasteiger partial charge in [0.2, 0.25) is 11.8 Å². The quantitative estimate of drug-likeness (QED) is 0.293. The van der Waals surface area contributed by atoms with E-state index < -0.39 is 6.04 Å². The normalized spacial score (nSPS) is 14.1. The summed E-state index contributed by atoms with van der Waals surface area (Å²) in [5.74, 6) is 1.69. The van der Waals surface area contributed by atoms with Crippen LogP contribution in [-0.4, -0.2) is 41.7 Å². The van der Waals surface area contributed by atoms with E-state index >= 15 is 0 Å². The third kappa shape index (κ3) is 8.62. The molecular formula is C33H40N2O3S. The van der Waals surface area contributed by atoms with Gasteiger partial charge in [-0.25, -0.2) is 0 Å². The minimum absolute atomic E-state index is 0.0327. The van der Waals surface area contributed by atoms with Crippen molar-refractivity contribution in [2.45, 2.75) is 70.3 Å². The fourth-order valence-electron chi connectivity index (χ4n) is 5.38. The Morgan fingerprint density at radius 1 is 0.923 bits per heavy atom. The number of thioether (sulfide) groups is 1. The molecule has 4 rings (SSSR count). The molecule has 0 bridgehead atoms. The van der Waals surface area contributed by atoms with Gasteiger partial charge in [-0.15, -0.1) is 11.8 Å². The first kappa shape index (κ1) is 28.8. The number of nitrogens with zero attached hydrogens (tertiary/aromatic N) is 1. The predicted octanol–water partition coefficient (Wildman–Crippen LogP) is 6.24. The number of carbonyl (C=O) groups excluding carboxylic acids is 2. The fraction of sp³-hybridized carbons (Fsp3) is 0.394. The Kier molecular flexibility index (Phi) is 10.5. The average Bonchev–Trinajstić information content (AvgIpc) is 3.43. The van der Waals surface area contributed by atoms with E-state index in [4.69, 9.17) is 4.74 Å². The van der Waals surface area contributed by atoms with Gasteiger partial charge >= 0.3 is 0 Å². The summed E-state index contributed by atoms with van der Waals surface area (Å²) in [6.07, 6.45) is 4.74. The summed E-state index contributed by atoms with van der Waals surface area (Å²) < 4.78 is 5.44. The Balaban J connectivity index is 1.58. The summed E-state index contributed by atoms with van der Waals surface area (Å²) in [5, 5.41) is 3.27. The first-order valence-electron chi connectivity index (χ1n) is 13.8. The van der Waals surface area contributed by atoms with Crippen LogP contribution in [0.3, 0.4) is 0 Å². The molecule has 2 amide bonds. The molecule has 3 aromatic carbocycles. The maximum Gasteiger partial charge on any atom is 0.243 e. The Morgan fingerprint density at radius 2 is 1.62 bits per heavy atom. The molecule has 206 valence electrons. The van der Waals surface area contributed by atoms with Crippen molar-refractivity contribution >= 4 is 23.6 Å². The van der Waals surface area contributed by atoms with Crippen LogP contribution in [0.25, 0.3) is 0 Å². The van der Waals surface area contributed by atoms with Crippen LogP contribution in [0.15, 0.2) is 72.8 Å². The molecular weight excluding hydrogens is 504 g/mol. The number of ether oxygens (including phenoxy) is 1. The van der Waals surface area contributed by atoms with E-state index in [1.54, 1.807) is 23.8 Å². The van der Waals surface area contributed by atoms with Crippen LogP contribution in [0.1, 0.15) is 53.5 Å². The molecule has 1 fully saturated rings. The number of carbonyl (C=O) groups is 2. The van der Waals surface area contributed by atoms with E-state index in [2.05, 4.69) is 37.4 Å². The summed E-state index contributed by atoms with van der Waals surface area (Å²) in [7, 11) is 1.64. The third-order valence-corrected chi connectivity index (χ3v) is 8.22. The van der Waals surface area contributed by atoms with E-state index in [1.165, 1.54) is 16.7 Å². The molecule has 1 N–H and O–H groups in total. The van der Waals surface area contributed by atoms with Crippen molar-refractivity contribution < 1.29 is 14.3 Å². The molecule has 3 aromatic rings. The molecule has 1 atom stereocenters. The van der Waals surface area contributed by atoms with Crippen molar-refractivity contribution in [2.75, 3.05) is 12.9 Å². The number of rotatable bonds is 12. The van der Waals surface area contributed by atoms with Crippen LogP contribution in [0.2, 0.25) is 0 Å². The molecule has 0 heterocycles. The summed E-state index contributed by atoms with van der Waals surface area (Å²) in [4.78, 5) is 29.5. The molecule has 6 heteroatoms. The lowest BCUT2D eigenvalue weighted by atomic mass is 10.0. The standard InChI is InChI=1S/C33H40N2O3S/c1-24-16-25(2)18-28(17-24)22-39-23-32(36)35(21-27-12-9-15-30(19-27)38-3)31(20-26-10-5-4-6-11-26)33(37)34-29-13-7-8-14-29/h4-6,9-12,15-19,29,31H,7-8,13-14,20-23H2,1-3H3,(H,34,37)/t31-/m0/s1. The van der Waals surface area contributed by atoms with Gasteiger partial charge in [-0.1, -0.05) is 84.6 Å². The average molecular weight is 545 g/mol. The highest BCUT2D eigenvalue weighted by Crippen LogP contribution is 2.23. The molecule has 0 unspecified atom stereocenters. The predicted molar refractivity (Wildman–Crippen MR) is 160 cm³/mol. The van der Waals surface area contributed by atoms with Gasteiger partial charge in [0, 0.05) is 24.8 Å². The van der Waals surface area contributed by atoms with Gasteiger partial charge < -0.3 is 15.0 Å². The van der Waals surface area contributed by atoms with Crippen molar-refractivity contribution in [1.29, 1.82) is 0 Å². The highest BCUT2D eigenvalue weighted by atomic mass is 32.2. The molecule has 1 saturated carbocycles. The zero-order chi connectivity index (χ0) is 27.6. The Hall–Kier alpha value is -3.25. The van der Waals surface area contributed by atoms with Crippen molar-refractivity contribution in [1.82, 2.24) is 10.2 Å². The van der Waals surface area contributed by atoms with Gasteiger partial charge in [-0.2, -0.15) is 0 Å². The zero-order valence-electron chi connectivity index (χ0n) is 23.3. The second-order valence-electron chi connectivity index (χ2n) is 10.6. The number of aryl methyl sites for hydroxylation is 2. The van der Waals surface area contributed by atoms with E-state index in [-0.39, 0.29) is 17.9 Å². The molecule has 5 nitrogen and oxygen atoms in total. The minimum atomic E-state index is -0.603. The topological polar surface area (TPSA) is 58.6 Å². The van der Waals surface area contributed by atoms with Crippen LogP contribution < -0.4 is 10.1 Å². The van der Waals surface area contributed by atoms with E-state index in [0.29, 0.717) is 18.7 Å². The van der Waals surface area contributed by atoms with Crippen LogP contribution >= 0.6 is 11.8 Å². The summed E-state index contributed by atoms with van der Waals surface area (Å²) in [6, 6.07) is 23.8. The molecule has 0 radical (unpaired) electrons. The lowest BCUT2D eigenvalue weighted by Gasteiger charge is -2.32. The van der Waals surface area contributed by atoms with Crippen LogP contribution in [0, 0.1) is 13.8 Å². The highest BCUT2D eigenvalue weighted by Gasteiger charge is 2.32. The second-order valence-corrected chi connectivity index (χ2v) is 11.5. The smallest absolute Gasteiger partial charge is 0.243 e. The zero-order valence-corrected chi connectivity index (χ0v) is 24.1. The van der Waals surface area contributed by atoms with Gasteiger partial charge in [0.05, 0.1) is 12.9 Å². The van der Waals surface area contributed by atoms with Crippen molar-refractivity contribution in [3.63, 3.8) is 0 Å². The van der Waals surface area contributed by atoms with Crippen LogP contribution in [0.5, 0.6) is 5.75 Å². The second kappa shape index (κ2) is 14.2. The summed E-state index contributed by atoms with van der Waals surface area (Å²) >= 11 is 1.60. The lowest BCUT2D eigenvalue weighted by molar-refractivity contribution is -0.139. The molecule has 39 heavy (non-hydrogen) atoms. The van der Waals surface area contributed by atoms with Crippen LogP contribution in [0.4, 0.5) is 0 Å². The maximum atomic E-state index is 13.9. The molecule has 0 saturated heterocycles. The maximum absolute atomic E-state index is 13.9. The Labute approximate surface area is 237 Å². The van der Waals surface area contributed by atoms with Crippen LogP contribution in [-0.2, 0) is 28.3 Å². The molecule has 1 aliphatic carbocycles. The SMILES string of the molecule is COc1cccc(CN(C(=O)CSCc2cc(C)cc(C)c2)[C@@H](Cc2ccccc2)C(=O)NC2CCCC2)c1. The monoisotopic (exact) mass is 544 g/mol. The number of amides is 2. The number of hydrogen-bond acceptors (Lipinski definition) is 4. The Bertz CT molecular complexity index is 1220. The number of hydrogen-bond donors (Lipinski definition) is 1. The largest absolute Gasteiger partial charge is 0.497 e. The molecule has 0 spiro atoms. The first-order chi connectivity index (χ1) is 18.9. The third-order valence-electron chi connectivity index (χ3n) is 7.24. The van der Waals surface area contributed by atoms with E-state index in [0.717, 1.165) is 48.3 Å². The minimum Gasteiger partial charge on any atom is -0.497 e. The summed E-state index contributed by atoms with van der Waals surface area (Å²) in [6.45, 7) is 4.54. The van der Waals surface area contributed by atoms with E-state index in [9.17, 15) is 9.59 Å². The number of nitrogens with one attached hydrogen (secondary N) is 1. The van der Waals surface area contributed by atoms with Crippen molar-refractivity contribution in [3.8, 4) is 5.75 Å². The molecule has 1 aliphatic rings. The van der Waals surface area contributed by atoms with Crippen molar-refractivity contribution in [3.05, 3.63) is 101 Å². The van der Waals surface area contributed by atoms with Gasteiger partial charge in [-0.05, 0) is 55.5 Å². The lowest BCUT2D eigenvalue weighted by Crippen LogP contribution is -2.52. The van der Waals surface area contributed by atoms with E-state index in [1.807, 2.05) is 54.6 Å². The Morgan fingerprint density at radius 3 is 2.31 bits per heavy atom. The number of benzene rings is 3. The summed E-state index contributed by atoms with van der Waals surface area (Å²) in [5.41, 5.74) is 5.64. The number of methoxy groups -OCH3 is 1.